The minimum Gasteiger partial charge on any atom is -0.233 e. The molecule has 0 bridgehead atoms. The molecule has 0 aromatic carbocycles. The zero-order valence-electron chi connectivity index (χ0n) is 16.4. The predicted octanol–water partition coefficient (Wildman–Crippen LogP) is 3.79. The van der Waals surface area contributed by atoms with Gasteiger partial charge in [-0.3, -0.25) is 0 Å². The molecule has 10 heteroatoms. The van der Waals surface area contributed by atoms with Crippen LogP contribution in [-0.4, -0.2) is 45.7 Å². The van der Waals surface area contributed by atoms with Crippen LogP contribution < -0.4 is 0 Å². The molecule has 0 amide bonds. The van der Waals surface area contributed by atoms with Gasteiger partial charge in [-0.15, -0.1) is 0 Å². The zero-order valence-corrected chi connectivity index (χ0v) is 17.2. The summed E-state index contributed by atoms with van der Waals surface area (Å²) in [6.45, 7) is 7.55. The van der Waals surface area contributed by atoms with Gasteiger partial charge >= 0.3 is 6.18 Å². The molecule has 1 aliphatic rings. The van der Waals surface area contributed by atoms with E-state index in [-0.39, 0.29) is 17.5 Å². The van der Waals surface area contributed by atoms with Crippen LogP contribution in [0.1, 0.15) is 69.5 Å². The van der Waals surface area contributed by atoms with Crippen LogP contribution >= 0.6 is 0 Å². The van der Waals surface area contributed by atoms with E-state index in [1.807, 2.05) is 0 Å². The number of nitrogens with zero attached hydrogens (tertiary/aromatic N) is 4. The van der Waals surface area contributed by atoms with E-state index < -0.39 is 27.1 Å². The van der Waals surface area contributed by atoms with E-state index >= 15 is 0 Å². The highest BCUT2D eigenvalue weighted by atomic mass is 32.2. The molecule has 6 nitrogen and oxygen atoms in total. The van der Waals surface area contributed by atoms with Crippen molar-refractivity contribution in [3.8, 4) is 0 Å². The Bertz CT molecular complexity index is 959. The summed E-state index contributed by atoms with van der Waals surface area (Å²) in [5.41, 5.74) is 0.225. The van der Waals surface area contributed by atoms with Crippen molar-refractivity contribution < 1.29 is 21.6 Å². The van der Waals surface area contributed by atoms with Crippen molar-refractivity contribution in [2.75, 3.05) is 13.1 Å². The maximum absolute atomic E-state index is 13.5. The van der Waals surface area contributed by atoms with Crippen molar-refractivity contribution >= 4 is 15.7 Å². The van der Waals surface area contributed by atoms with Gasteiger partial charge in [-0.25, -0.2) is 22.2 Å². The number of alkyl halides is 3. The molecule has 1 aliphatic heterocycles. The monoisotopic (exact) mass is 418 g/mol. The summed E-state index contributed by atoms with van der Waals surface area (Å²) in [7, 11) is -3.32. The Kier molecular flexibility index (Phi) is 5.48. The van der Waals surface area contributed by atoms with Crippen molar-refractivity contribution in [1.82, 2.24) is 18.9 Å². The fourth-order valence-corrected chi connectivity index (χ4v) is 4.73. The predicted molar refractivity (Wildman–Crippen MR) is 99.7 cm³/mol. The zero-order chi connectivity index (χ0) is 20.9. The number of fused-ring (bicyclic) bond motifs is 1. The van der Waals surface area contributed by atoms with E-state index in [2.05, 4.69) is 10.1 Å². The highest BCUT2D eigenvalue weighted by Crippen LogP contribution is 2.34. The lowest BCUT2D eigenvalue weighted by Crippen LogP contribution is -2.41. The number of hydrogen-bond donors (Lipinski definition) is 0. The van der Waals surface area contributed by atoms with Gasteiger partial charge in [0.05, 0.1) is 10.9 Å². The molecule has 1 fully saturated rings. The van der Waals surface area contributed by atoms with Gasteiger partial charge in [0.2, 0.25) is 10.0 Å². The van der Waals surface area contributed by atoms with Crippen LogP contribution in [0.4, 0.5) is 13.2 Å². The summed E-state index contributed by atoms with van der Waals surface area (Å²) < 4.78 is 67.4. The van der Waals surface area contributed by atoms with Crippen molar-refractivity contribution in [1.29, 1.82) is 0 Å². The Labute approximate surface area is 162 Å². The quantitative estimate of drug-likeness (QED) is 0.758. The molecule has 0 N–H and O–H groups in total. The van der Waals surface area contributed by atoms with E-state index in [0.29, 0.717) is 37.3 Å². The first kappa shape index (κ1) is 21.0. The molecule has 0 atom stereocenters. The molecule has 0 saturated carbocycles. The van der Waals surface area contributed by atoms with Crippen molar-refractivity contribution in [2.45, 2.75) is 63.8 Å². The molecule has 0 spiro atoms. The maximum atomic E-state index is 13.5. The molecule has 3 rings (SSSR count). The molecule has 3 heterocycles. The average molecular weight is 418 g/mol. The molecule has 28 heavy (non-hydrogen) atoms. The van der Waals surface area contributed by atoms with Crippen molar-refractivity contribution in [3.63, 3.8) is 0 Å². The van der Waals surface area contributed by atoms with E-state index in [1.54, 1.807) is 33.8 Å². The summed E-state index contributed by atoms with van der Waals surface area (Å²) >= 11 is 0. The number of rotatable bonds is 4. The van der Waals surface area contributed by atoms with Crippen molar-refractivity contribution in [2.24, 2.45) is 0 Å². The molecule has 1 saturated heterocycles. The number of piperidine rings is 1. The number of halogens is 3. The molecule has 0 unspecified atom stereocenters. The Hall–Kier alpha value is -1.68. The van der Waals surface area contributed by atoms with Gasteiger partial charge < -0.3 is 0 Å². The number of hydrogen-bond acceptors (Lipinski definition) is 4. The summed E-state index contributed by atoms with van der Waals surface area (Å²) in [5, 5.41) is 3.70. The first-order valence-electron chi connectivity index (χ1n) is 9.38. The average Bonchev–Trinajstić information content (AvgIpc) is 3.03. The Morgan fingerprint density at radius 1 is 1.11 bits per heavy atom. The second kappa shape index (κ2) is 7.29. The maximum Gasteiger partial charge on any atom is 0.433 e. The third-order valence-corrected chi connectivity index (χ3v) is 7.45. The highest BCUT2D eigenvalue weighted by molar-refractivity contribution is 7.89. The Balaban J connectivity index is 1.91. The minimum atomic E-state index is -4.54. The third-order valence-electron chi connectivity index (χ3n) is 5.18. The van der Waals surface area contributed by atoms with Gasteiger partial charge in [-0.1, -0.05) is 13.8 Å². The molecular weight excluding hydrogens is 393 g/mol. The normalized spacial score (nSPS) is 17.9. The smallest absolute Gasteiger partial charge is 0.233 e. The lowest BCUT2D eigenvalue weighted by molar-refractivity contribution is -0.142. The fraction of sp³-hybridized carbons (Fsp3) is 0.667. The summed E-state index contributed by atoms with van der Waals surface area (Å²) in [6, 6.07) is 2.64. The summed E-state index contributed by atoms with van der Waals surface area (Å²) in [6.07, 6.45) is -3.49. The van der Waals surface area contributed by atoms with Gasteiger partial charge in [0.15, 0.2) is 5.65 Å². The first-order valence-corrected chi connectivity index (χ1v) is 10.9. The summed E-state index contributed by atoms with van der Waals surface area (Å²) in [4.78, 5) is 4.34. The Morgan fingerprint density at radius 2 is 1.71 bits per heavy atom. The largest absolute Gasteiger partial charge is 0.433 e. The SMILES string of the molecule is CC(C)c1cc(C(F)(F)F)n2nc(C3CCN(S(=O)(=O)C(C)C)CC3)cc2n1. The minimum absolute atomic E-state index is 0.0936. The highest BCUT2D eigenvalue weighted by Gasteiger charge is 2.36. The first-order chi connectivity index (χ1) is 12.9. The van der Waals surface area contributed by atoms with Gasteiger partial charge in [-0.2, -0.15) is 18.3 Å². The van der Waals surface area contributed by atoms with E-state index in [0.717, 1.165) is 10.6 Å². The summed E-state index contributed by atoms with van der Waals surface area (Å²) in [5.74, 6) is -0.238. The van der Waals surface area contributed by atoms with Gasteiger partial charge in [0, 0.05) is 30.8 Å². The van der Waals surface area contributed by atoms with Gasteiger partial charge in [0.25, 0.3) is 0 Å². The lowest BCUT2D eigenvalue weighted by atomic mass is 9.95. The van der Waals surface area contributed by atoms with Crippen LogP contribution in [-0.2, 0) is 16.2 Å². The Morgan fingerprint density at radius 3 is 2.21 bits per heavy atom. The number of aromatic nitrogens is 3. The van der Waals surface area contributed by atoms with E-state index in [4.69, 9.17) is 0 Å². The number of sulfonamides is 1. The second-order valence-corrected chi connectivity index (χ2v) is 10.3. The van der Waals surface area contributed by atoms with Crippen molar-refractivity contribution in [3.05, 3.63) is 29.2 Å². The third kappa shape index (κ3) is 3.89. The van der Waals surface area contributed by atoms with Crippen LogP contribution in [0, 0.1) is 0 Å². The van der Waals surface area contributed by atoms with Crippen LogP contribution in [0.25, 0.3) is 5.65 Å². The van der Waals surface area contributed by atoms with Crippen LogP contribution in [0.3, 0.4) is 0 Å². The standard InChI is InChI=1S/C18H25F3N4O2S/c1-11(2)14-9-16(18(19,20)21)25-17(22-14)10-15(23-25)13-5-7-24(8-6-13)28(26,27)12(3)4/h9-13H,5-8H2,1-4H3. The molecule has 0 aliphatic carbocycles. The second-order valence-electron chi connectivity index (χ2n) is 7.82. The van der Waals surface area contributed by atoms with E-state index in [1.165, 1.54) is 4.31 Å². The molecule has 2 aromatic rings. The van der Waals surface area contributed by atoms with Gasteiger partial charge in [0.1, 0.15) is 5.69 Å². The van der Waals surface area contributed by atoms with Gasteiger partial charge in [-0.05, 0) is 38.7 Å². The van der Waals surface area contributed by atoms with Crippen LogP contribution in [0.15, 0.2) is 12.1 Å². The topological polar surface area (TPSA) is 67.6 Å². The van der Waals surface area contributed by atoms with Crippen LogP contribution in [0.5, 0.6) is 0 Å². The van der Waals surface area contributed by atoms with E-state index in [9.17, 15) is 21.6 Å². The van der Waals surface area contributed by atoms with Crippen LogP contribution in [0.2, 0.25) is 0 Å². The fourth-order valence-electron chi connectivity index (χ4n) is 3.41. The lowest BCUT2D eigenvalue weighted by Gasteiger charge is -2.31. The molecule has 156 valence electrons. The molecule has 0 radical (unpaired) electrons. The molecular formula is C18H25F3N4O2S. The molecule has 2 aromatic heterocycles.